The molecule has 3 amide bonds. The highest BCUT2D eigenvalue weighted by atomic mass is 35.5. The van der Waals surface area contributed by atoms with E-state index in [4.69, 9.17) is 11.6 Å². The average molecular weight is 618 g/mol. The molecule has 0 saturated carbocycles. The number of amides is 3. The van der Waals surface area contributed by atoms with Gasteiger partial charge in [-0.3, -0.25) is 14.4 Å². The number of anilines is 1. The van der Waals surface area contributed by atoms with Crippen molar-refractivity contribution in [2.24, 2.45) is 11.8 Å². The predicted molar refractivity (Wildman–Crippen MR) is 159 cm³/mol. The van der Waals surface area contributed by atoms with E-state index in [1.165, 1.54) is 0 Å². The first-order chi connectivity index (χ1) is 20.4. The third kappa shape index (κ3) is 6.99. The SMILES string of the molecule is CN(C)C[C@@H]1Cc2cc(Cl)ccc2N(C(=O)[C@@H](Cc2c[nH]c3ccccc23)NC(=O)C2CCN(C(=O)C(F)(F)F)CC2)C1. The molecule has 2 N–H and O–H groups in total. The molecule has 8 nitrogen and oxygen atoms in total. The van der Waals surface area contributed by atoms with E-state index in [1.54, 1.807) is 11.0 Å². The molecule has 3 aromatic rings. The molecule has 5 rings (SSSR count). The molecule has 2 aliphatic rings. The summed E-state index contributed by atoms with van der Waals surface area (Å²) in [5.74, 6) is -3.05. The summed E-state index contributed by atoms with van der Waals surface area (Å²) in [6.07, 6.45) is -1.98. The number of piperidine rings is 1. The Hall–Kier alpha value is -3.57. The molecule has 12 heteroatoms. The summed E-state index contributed by atoms with van der Waals surface area (Å²) in [5, 5.41) is 4.47. The maximum atomic E-state index is 14.4. The van der Waals surface area contributed by atoms with Crippen LogP contribution < -0.4 is 10.2 Å². The number of nitrogens with one attached hydrogen (secondary N) is 2. The molecule has 0 radical (unpaired) electrons. The van der Waals surface area contributed by atoms with Crippen LogP contribution in [0.4, 0.5) is 18.9 Å². The van der Waals surface area contributed by atoms with E-state index in [0.717, 1.165) is 45.6 Å². The Kier molecular flexibility index (Phi) is 9.03. The van der Waals surface area contributed by atoms with Crippen LogP contribution in [0.3, 0.4) is 0 Å². The third-order valence-corrected chi connectivity index (χ3v) is 8.52. The number of nitrogens with zero attached hydrogens (tertiary/aromatic N) is 3. The van der Waals surface area contributed by atoms with Crippen LogP contribution >= 0.6 is 11.6 Å². The van der Waals surface area contributed by atoms with Gasteiger partial charge in [-0.1, -0.05) is 29.8 Å². The van der Waals surface area contributed by atoms with Crippen LogP contribution in [-0.4, -0.2) is 85.0 Å². The molecule has 2 aromatic carbocycles. The first kappa shape index (κ1) is 30.9. The Morgan fingerprint density at radius 1 is 1.12 bits per heavy atom. The van der Waals surface area contributed by atoms with Crippen LogP contribution in [0, 0.1) is 11.8 Å². The Morgan fingerprint density at radius 2 is 1.84 bits per heavy atom. The van der Waals surface area contributed by atoms with Gasteiger partial charge >= 0.3 is 12.1 Å². The third-order valence-electron chi connectivity index (χ3n) is 8.28. The largest absolute Gasteiger partial charge is 0.471 e. The summed E-state index contributed by atoms with van der Waals surface area (Å²) < 4.78 is 38.8. The molecule has 3 heterocycles. The number of halogens is 4. The first-order valence-corrected chi connectivity index (χ1v) is 14.7. The summed E-state index contributed by atoms with van der Waals surface area (Å²) in [4.78, 5) is 47.3. The second kappa shape index (κ2) is 12.6. The number of aromatic nitrogens is 1. The molecule has 1 fully saturated rings. The Morgan fingerprint density at radius 3 is 2.53 bits per heavy atom. The number of para-hydroxylation sites is 1. The molecule has 0 bridgehead atoms. The van der Waals surface area contributed by atoms with Gasteiger partial charge in [0.2, 0.25) is 11.8 Å². The van der Waals surface area contributed by atoms with Crippen molar-refractivity contribution in [3.63, 3.8) is 0 Å². The van der Waals surface area contributed by atoms with Gasteiger partial charge in [-0.15, -0.1) is 0 Å². The number of rotatable bonds is 7. The van der Waals surface area contributed by atoms with Crippen LogP contribution in [0.1, 0.15) is 24.0 Å². The average Bonchev–Trinajstić information content (AvgIpc) is 3.37. The fraction of sp³-hybridized carbons (Fsp3) is 0.452. The molecule has 0 unspecified atom stereocenters. The maximum absolute atomic E-state index is 14.4. The Balaban J connectivity index is 1.40. The van der Waals surface area contributed by atoms with Crippen molar-refractivity contribution in [2.75, 3.05) is 45.2 Å². The lowest BCUT2D eigenvalue weighted by Gasteiger charge is -2.38. The summed E-state index contributed by atoms with van der Waals surface area (Å²) in [5.41, 5.74) is 3.47. The zero-order chi connectivity index (χ0) is 30.9. The van der Waals surface area contributed by atoms with Gasteiger partial charge in [-0.05, 0) is 74.7 Å². The van der Waals surface area contributed by atoms with Gasteiger partial charge in [0.15, 0.2) is 0 Å². The van der Waals surface area contributed by atoms with E-state index in [0.29, 0.717) is 11.6 Å². The number of hydrogen-bond donors (Lipinski definition) is 2. The summed E-state index contributed by atoms with van der Waals surface area (Å²) in [6, 6.07) is 12.2. The molecule has 1 saturated heterocycles. The standard InChI is InChI=1S/C31H35ClF3N5O3/c1-38(2)17-19-13-21-14-23(32)7-8-27(21)40(18-19)29(42)26(15-22-16-36-25-6-4-3-5-24(22)25)37-28(41)20-9-11-39(12-10-20)30(43)31(33,34)35/h3-8,14,16,19-20,26,36H,9-13,15,17-18H2,1-2H3,(H,37,41)/t19-,26+/m0/s1. The fourth-order valence-electron chi connectivity index (χ4n) is 6.28. The van der Waals surface area contributed by atoms with Crippen molar-refractivity contribution in [1.82, 2.24) is 20.1 Å². The minimum atomic E-state index is -4.95. The Bertz CT molecular complexity index is 1500. The fourth-order valence-corrected chi connectivity index (χ4v) is 6.48. The predicted octanol–water partition coefficient (Wildman–Crippen LogP) is 4.42. The quantitative estimate of drug-likeness (QED) is 0.411. The van der Waals surface area contributed by atoms with Crippen molar-refractivity contribution >= 4 is 45.9 Å². The highest BCUT2D eigenvalue weighted by Gasteiger charge is 2.44. The molecule has 0 spiro atoms. The number of H-pyrrole nitrogens is 1. The van der Waals surface area contributed by atoms with Gasteiger partial charge in [0.25, 0.3) is 0 Å². The second-order valence-corrected chi connectivity index (χ2v) is 12.2. The lowest BCUT2D eigenvalue weighted by Crippen LogP contribution is -2.55. The highest BCUT2D eigenvalue weighted by molar-refractivity contribution is 6.30. The van der Waals surface area contributed by atoms with Crippen molar-refractivity contribution in [3.05, 3.63) is 64.8 Å². The van der Waals surface area contributed by atoms with E-state index < -0.39 is 30.0 Å². The lowest BCUT2D eigenvalue weighted by atomic mass is 9.90. The minimum Gasteiger partial charge on any atom is -0.361 e. The van der Waals surface area contributed by atoms with Crippen LogP contribution in [0.25, 0.3) is 10.9 Å². The van der Waals surface area contributed by atoms with E-state index in [9.17, 15) is 27.6 Å². The van der Waals surface area contributed by atoms with Gasteiger partial charge in [-0.2, -0.15) is 13.2 Å². The topological polar surface area (TPSA) is 88.8 Å². The number of fused-ring (bicyclic) bond motifs is 2. The second-order valence-electron chi connectivity index (χ2n) is 11.7. The smallest absolute Gasteiger partial charge is 0.361 e. The van der Waals surface area contributed by atoms with E-state index in [-0.39, 0.29) is 44.2 Å². The maximum Gasteiger partial charge on any atom is 0.471 e. The summed E-state index contributed by atoms with van der Waals surface area (Å²) in [6.45, 7) is 0.863. The normalized spacial score (nSPS) is 18.5. The van der Waals surface area contributed by atoms with Crippen LogP contribution in [0.2, 0.25) is 5.02 Å². The van der Waals surface area contributed by atoms with Crippen molar-refractivity contribution in [2.45, 2.75) is 37.9 Å². The van der Waals surface area contributed by atoms with Crippen LogP contribution in [-0.2, 0) is 27.2 Å². The summed E-state index contributed by atoms with van der Waals surface area (Å²) in [7, 11) is 3.96. The van der Waals surface area contributed by atoms with E-state index in [1.807, 2.05) is 56.7 Å². The summed E-state index contributed by atoms with van der Waals surface area (Å²) >= 11 is 6.32. The van der Waals surface area contributed by atoms with E-state index >= 15 is 0 Å². The van der Waals surface area contributed by atoms with Gasteiger partial charge in [0, 0.05) is 66.3 Å². The molecule has 230 valence electrons. The van der Waals surface area contributed by atoms with E-state index in [2.05, 4.69) is 15.2 Å². The number of carbonyl (C=O) groups is 3. The van der Waals surface area contributed by atoms with Gasteiger partial charge in [-0.25, -0.2) is 0 Å². The molecular weight excluding hydrogens is 583 g/mol. The number of carbonyl (C=O) groups excluding carboxylic acids is 3. The number of alkyl halides is 3. The van der Waals surface area contributed by atoms with Crippen molar-refractivity contribution < 1.29 is 27.6 Å². The Labute approximate surface area is 253 Å². The number of benzene rings is 2. The minimum absolute atomic E-state index is 0.0810. The molecule has 1 aromatic heterocycles. The van der Waals surface area contributed by atoms with Gasteiger partial charge < -0.3 is 25.0 Å². The molecular formula is C31H35ClF3N5O3. The molecule has 2 aliphatic heterocycles. The lowest BCUT2D eigenvalue weighted by molar-refractivity contribution is -0.186. The zero-order valence-corrected chi connectivity index (χ0v) is 24.8. The van der Waals surface area contributed by atoms with Gasteiger partial charge in [0.05, 0.1) is 0 Å². The number of hydrogen-bond acceptors (Lipinski definition) is 4. The van der Waals surface area contributed by atoms with Gasteiger partial charge in [0.1, 0.15) is 6.04 Å². The van der Waals surface area contributed by atoms with Crippen LogP contribution in [0.5, 0.6) is 0 Å². The number of aromatic amines is 1. The van der Waals surface area contributed by atoms with Crippen molar-refractivity contribution in [1.29, 1.82) is 0 Å². The molecule has 0 aliphatic carbocycles. The monoisotopic (exact) mass is 617 g/mol. The van der Waals surface area contributed by atoms with Crippen molar-refractivity contribution in [3.8, 4) is 0 Å². The highest BCUT2D eigenvalue weighted by Crippen LogP contribution is 2.33. The van der Waals surface area contributed by atoms with Crippen LogP contribution in [0.15, 0.2) is 48.7 Å². The molecule has 43 heavy (non-hydrogen) atoms. The number of likely N-dealkylation sites (tertiary alicyclic amines) is 1. The molecule has 2 atom stereocenters. The first-order valence-electron chi connectivity index (χ1n) is 14.4. The zero-order valence-electron chi connectivity index (χ0n) is 24.1.